The molecule has 5 nitrogen and oxygen atoms in total. The lowest BCUT2D eigenvalue weighted by molar-refractivity contribution is -0.146. The molecule has 0 spiro atoms. The number of fused-ring (bicyclic) bond motifs is 1. The number of likely N-dealkylation sites (tertiary alicyclic amines) is 1. The lowest BCUT2D eigenvalue weighted by Crippen LogP contribution is -2.58. The van der Waals surface area contributed by atoms with Crippen molar-refractivity contribution in [3.63, 3.8) is 0 Å². The van der Waals surface area contributed by atoms with Crippen LogP contribution in [0.5, 0.6) is 0 Å². The molecule has 2 fully saturated rings. The van der Waals surface area contributed by atoms with Gasteiger partial charge in [0.15, 0.2) is 0 Å². The third-order valence-electron chi connectivity index (χ3n) is 4.96. The van der Waals surface area contributed by atoms with Gasteiger partial charge in [-0.3, -0.25) is 4.79 Å². The van der Waals surface area contributed by atoms with Crippen molar-refractivity contribution < 1.29 is 18.7 Å². The van der Waals surface area contributed by atoms with Crippen LogP contribution in [0.1, 0.15) is 42.3 Å². The van der Waals surface area contributed by atoms with Crippen LogP contribution in [0.15, 0.2) is 16.7 Å². The van der Waals surface area contributed by atoms with Crippen molar-refractivity contribution in [3.8, 4) is 0 Å². The first-order chi connectivity index (χ1) is 10.7. The number of hydrogen-bond donors (Lipinski definition) is 0. The van der Waals surface area contributed by atoms with Gasteiger partial charge in [-0.05, 0) is 39.2 Å². The Balaban J connectivity index is 1.78. The van der Waals surface area contributed by atoms with Crippen molar-refractivity contribution in [2.75, 3.05) is 32.9 Å². The molecule has 1 aromatic heterocycles. The Labute approximate surface area is 131 Å². The van der Waals surface area contributed by atoms with E-state index in [1.807, 2.05) is 18.7 Å². The van der Waals surface area contributed by atoms with E-state index in [2.05, 4.69) is 0 Å². The maximum atomic E-state index is 12.8. The summed E-state index contributed by atoms with van der Waals surface area (Å²) < 4.78 is 17.0. The van der Waals surface area contributed by atoms with Crippen molar-refractivity contribution in [3.05, 3.63) is 23.7 Å². The van der Waals surface area contributed by atoms with Gasteiger partial charge < -0.3 is 18.8 Å². The quantitative estimate of drug-likeness (QED) is 0.858. The van der Waals surface area contributed by atoms with Crippen LogP contribution in [0.2, 0.25) is 0 Å². The monoisotopic (exact) mass is 307 g/mol. The molecule has 1 aromatic rings. The Hall–Kier alpha value is -1.33. The molecular formula is C17H25NO4. The third kappa shape index (κ3) is 2.79. The van der Waals surface area contributed by atoms with E-state index >= 15 is 0 Å². The third-order valence-corrected chi connectivity index (χ3v) is 4.96. The second kappa shape index (κ2) is 6.42. The summed E-state index contributed by atoms with van der Waals surface area (Å²) in [4.78, 5) is 14.7. The highest BCUT2D eigenvalue weighted by Gasteiger charge is 2.47. The molecule has 2 atom stereocenters. The van der Waals surface area contributed by atoms with E-state index in [-0.39, 0.29) is 17.4 Å². The van der Waals surface area contributed by atoms with Crippen LogP contribution >= 0.6 is 0 Å². The molecule has 0 radical (unpaired) electrons. The summed E-state index contributed by atoms with van der Waals surface area (Å²) in [7, 11) is 0. The van der Waals surface area contributed by atoms with Crippen molar-refractivity contribution in [2.24, 2.45) is 5.41 Å². The average molecular weight is 307 g/mol. The van der Waals surface area contributed by atoms with Crippen molar-refractivity contribution in [2.45, 2.75) is 39.2 Å². The second-order valence-corrected chi connectivity index (χ2v) is 6.37. The molecular weight excluding hydrogens is 282 g/mol. The zero-order chi connectivity index (χ0) is 15.6. The minimum absolute atomic E-state index is 0.0557. The molecule has 3 rings (SSSR count). The van der Waals surface area contributed by atoms with Crippen LogP contribution in [0.4, 0.5) is 0 Å². The first-order valence-electron chi connectivity index (χ1n) is 8.19. The van der Waals surface area contributed by atoms with E-state index in [1.54, 1.807) is 12.3 Å². The molecule has 0 aromatic carbocycles. The second-order valence-electron chi connectivity index (χ2n) is 6.37. The Kier molecular flexibility index (Phi) is 4.54. The summed E-state index contributed by atoms with van der Waals surface area (Å²) in [5.41, 5.74) is 0.613. The molecule has 2 saturated heterocycles. The van der Waals surface area contributed by atoms with Gasteiger partial charge in [-0.25, -0.2) is 0 Å². The van der Waals surface area contributed by atoms with Crippen LogP contribution in [0, 0.1) is 12.3 Å². The zero-order valence-electron chi connectivity index (χ0n) is 13.5. The van der Waals surface area contributed by atoms with E-state index in [1.165, 1.54) is 0 Å². The van der Waals surface area contributed by atoms with E-state index in [0.29, 0.717) is 31.1 Å². The maximum absolute atomic E-state index is 12.8. The average Bonchev–Trinajstić information content (AvgIpc) is 2.97. The van der Waals surface area contributed by atoms with Gasteiger partial charge in [0.1, 0.15) is 5.76 Å². The van der Waals surface area contributed by atoms with Gasteiger partial charge in [0.25, 0.3) is 5.91 Å². The molecule has 2 aliphatic rings. The van der Waals surface area contributed by atoms with Gasteiger partial charge in [0.2, 0.25) is 0 Å². The largest absolute Gasteiger partial charge is 0.469 e. The summed E-state index contributed by atoms with van der Waals surface area (Å²) >= 11 is 0. The fourth-order valence-corrected chi connectivity index (χ4v) is 3.76. The highest BCUT2D eigenvalue weighted by Crippen LogP contribution is 2.40. The minimum atomic E-state index is -0.0557. The standard InChI is InChI=1S/C17H25NO4/c1-3-20-12-17-7-4-9-22-15(17)5-8-18(11-17)16(19)14-6-10-21-13(14)2/h6,10,15H,3-5,7-9,11-12H2,1-2H3. The molecule has 5 heteroatoms. The van der Waals surface area contributed by atoms with E-state index in [4.69, 9.17) is 13.9 Å². The molecule has 22 heavy (non-hydrogen) atoms. The minimum Gasteiger partial charge on any atom is -0.469 e. The molecule has 0 bridgehead atoms. The Morgan fingerprint density at radius 3 is 3.14 bits per heavy atom. The Morgan fingerprint density at radius 2 is 2.41 bits per heavy atom. The molecule has 0 N–H and O–H groups in total. The van der Waals surface area contributed by atoms with Crippen molar-refractivity contribution >= 4 is 5.91 Å². The Bertz CT molecular complexity index is 526. The van der Waals surface area contributed by atoms with Gasteiger partial charge in [0.05, 0.1) is 24.5 Å². The number of furan rings is 1. The predicted octanol–water partition coefficient (Wildman–Crippen LogP) is 2.64. The number of hydrogen-bond acceptors (Lipinski definition) is 4. The highest BCUT2D eigenvalue weighted by molar-refractivity contribution is 5.95. The van der Waals surface area contributed by atoms with Crippen molar-refractivity contribution in [1.82, 2.24) is 4.90 Å². The predicted molar refractivity (Wildman–Crippen MR) is 81.9 cm³/mol. The lowest BCUT2D eigenvalue weighted by atomic mass is 9.73. The van der Waals surface area contributed by atoms with Gasteiger partial charge in [-0.2, -0.15) is 0 Å². The molecule has 122 valence electrons. The first-order valence-corrected chi connectivity index (χ1v) is 8.19. The normalized spacial score (nSPS) is 28.5. The van der Waals surface area contributed by atoms with E-state index in [0.717, 1.165) is 32.4 Å². The van der Waals surface area contributed by atoms with Gasteiger partial charge in [0, 0.05) is 31.7 Å². The van der Waals surface area contributed by atoms with Crippen LogP contribution in [-0.4, -0.2) is 49.8 Å². The van der Waals surface area contributed by atoms with Gasteiger partial charge >= 0.3 is 0 Å². The summed E-state index contributed by atoms with van der Waals surface area (Å²) in [5, 5.41) is 0. The molecule has 2 unspecified atom stereocenters. The number of carbonyl (C=O) groups excluding carboxylic acids is 1. The lowest BCUT2D eigenvalue weighted by Gasteiger charge is -2.50. The fraction of sp³-hybridized carbons (Fsp3) is 0.706. The molecule has 1 amide bonds. The number of piperidine rings is 1. The molecule has 3 heterocycles. The molecule has 2 aliphatic heterocycles. The van der Waals surface area contributed by atoms with E-state index in [9.17, 15) is 4.79 Å². The number of rotatable bonds is 4. The van der Waals surface area contributed by atoms with Crippen molar-refractivity contribution in [1.29, 1.82) is 0 Å². The topological polar surface area (TPSA) is 51.9 Å². The first kappa shape index (κ1) is 15.6. The summed E-state index contributed by atoms with van der Waals surface area (Å²) in [6.45, 7) is 7.48. The van der Waals surface area contributed by atoms with Crippen LogP contribution in [-0.2, 0) is 9.47 Å². The fourth-order valence-electron chi connectivity index (χ4n) is 3.76. The van der Waals surface area contributed by atoms with Gasteiger partial charge in [-0.15, -0.1) is 0 Å². The van der Waals surface area contributed by atoms with Crippen LogP contribution in [0.3, 0.4) is 0 Å². The number of ether oxygens (including phenoxy) is 2. The summed E-state index contributed by atoms with van der Waals surface area (Å²) in [6.07, 6.45) is 4.77. The highest BCUT2D eigenvalue weighted by atomic mass is 16.5. The van der Waals surface area contributed by atoms with Gasteiger partial charge in [-0.1, -0.05) is 0 Å². The molecule has 0 aliphatic carbocycles. The molecule has 0 saturated carbocycles. The maximum Gasteiger partial charge on any atom is 0.257 e. The SMILES string of the molecule is CCOCC12CCCOC1CCN(C(=O)c1ccoc1C)C2. The van der Waals surface area contributed by atoms with E-state index < -0.39 is 0 Å². The van der Waals surface area contributed by atoms with Crippen LogP contribution < -0.4 is 0 Å². The zero-order valence-corrected chi connectivity index (χ0v) is 13.5. The summed E-state index contributed by atoms with van der Waals surface area (Å²) in [6, 6.07) is 1.76. The number of amides is 1. The number of carbonyl (C=O) groups is 1. The number of nitrogens with zero attached hydrogens (tertiary/aromatic N) is 1. The number of aryl methyl sites for hydroxylation is 1. The van der Waals surface area contributed by atoms with Crippen LogP contribution in [0.25, 0.3) is 0 Å². The smallest absolute Gasteiger partial charge is 0.257 e. The summed E-state index contributed by atoms with van der Waals surface area (Å²) in [5.74, 6) is 0.747. The Morgan fingerprint density at radius 1 is 1.55 bits per heavy atom.